The number of nitrogens with two attached hydrogens (primary N) is 2. The van der Waals surface area contributed by atoms with Crippen molar-refractivity contribution in [1.82, 2.24) is 4.98 Å². The molecule has 0 aliphatic carbocycles. The largest absolute Gasteiger partial charge is 0.353 e. The Hall–Kier alpha value is -1.13. The van der Waals surface area contributed by atoms with Crippen LogP contribution in [0.5, 0.6) is 0 Å². The van der Waals surface area contributed by atoms with Crippen LogP contribution in [0.1, 0.15) is 0 Å². The van der Waals surface area contributed by atoms with Crippen molar-refractivity contribution in [3.63, 3.8) is 0 Å². The van der Waals surface area contributed by atoms with E-state index in [1.165, 1.54) is 0 Å². The van der Waals surface area contributed by atoms with Crippen LogP contribution in [0.2, 0.25) is 0 Å². The van der Waals surface area contributed by atoms with Crippen LogP contribution in [0, 0.1) is 0 Å². The molecule has 0 amide bonds. The minimum Gasteiger partial charge on any atom is -0.353 e. The van der Waals surface area contributed by atoms with Crippen LogP contribution in [-0.4, -0.2) is 30.2 Å². The molecular weight excluding hydrogens is 164 g/mol. The first kappa shape index (κ1) is 8.47. The average Bonchev–Trinajstić information content (AvgIpc) is 2.49. The van der Waals surface area contributed by atoms with Crippen molar-refractivity contribution in [2.75, 3.05) is 18.0 Å². The van der Waals surface area contributed by atoms with Crippen molar-refractivity contribution in [3.05, 3.63) is 24.4 Å². The number of pyridine rings is 1. The van der Waals surface area contributed by atoms with E-state index in [-0.39, 0.29) is 12.1 Å². The molecule has 4 nitrogen and oxygen atoms in total. The molecule has 4 heteroatoms. The molecular formula is C9H14N4. The molecule has 13 heavy (non-hydrogen) atoms. The van der Waals surface area contributed by atoms with Crippen molar-refractivity contribution in [2.45, 2.75) is 12.1 Å². The molecule has 1 aromatic rings. The van der Waals surface area contributed by atoms with Gasteiger partial charge in [-0.1, -0.05) is 6.07 Å². The molecule has 1 aliphatic heterocycles. The van der Waals surface area contributed by atoms with Crippen LogP contribution in [0.4, 0.5) is 5.82 Å². The molecule has 4 N–H and O–H groups in total. The summed E-state index contributed by atoms with van der Waals surface area (Å²) in [7, 11) is 0. The van der Waals surface area contributed by atoms with Gasteiger partial charge in [0.05, 0.1) is 0 Å². The third kappa shape index (κ3) is 1.64. The Morgan fingerprint density at radius 3 is 2.46 bits per heavy atom. The average molecular weight is 178 g/mol. The normalized spacial score (nSPS) is 28.0. The van der Waals surface area contributed by atoms with Gasteiger partial charge in [-0.25, -0.2) is 4.98 Å². The minimum atomic E-state index is 0.0713. The van der Waals surface area contributed by atoms with Crippen LogP contribution in [0.15, 0.2) is 24.4 Å². The standard InChI is InChI=1S/C9H14N4/c10-7-5-13(6-8(7)11)9-3-1-2-4-12-9/h1-4,7-8H,5-6,10-11H2. The second-order valence-electron chi connectivity index (χ2n) is 3.42. The predicted molar refractivity (Wildman–Crippen MR) is 52.4 cm³/mol. The Labute approximate surface area is 77.5 Å². The molecule has 2 heterocycles. The van der Waals surface area contributed by atoms with Crippen molar-refractivity contribution < 1.29 is 0 Å². The fourth-order valence-corrected chi connectivity index (χ4v) is 1.58. The molecule has 1 fully saturated rings. The lowest BCUT2D eigenvalue weighted by Gasteiger charge is -2.15. The second-order valence-corrected chi connectivity index (χ2v) is 3.42. The summed E-state index contributed by atoms with van der Waals surface area (Å²) in [5.41, 5.74) is 11.6. The molecule has 0 bridgehead atoms. The molecule has 0 saturated carbocycles. The molecule has 70 valence electrons. The van der Waals surface area contributed by atoms with Crippen LogP contribution in [-0.2, 0) is 0 Å². The van der Waals surface area contributed by atoms with Gasteiger partial charge in [-0.05, 0) is 12.1 Å². The van der Waals surface area contributed by atoms with Gasteiger partial charge in [0.1, 0.15) is 5.82 Å². The van der Waals surface area contributed by atoms with Crippen molar-refractivity contribution in [3.8, 4) is 0 Å². The Kier molecular flexibility index (Phi) is 2.16. The summed E-state index contributed by atoms with van der Waals surface area (Å²) in [6.45, 7) is 1.61. The first-order chi connectivity index (χ1) is 6.27. The third-order valence-corrected chi connectivity index (χ3v) is 2.39. The first-order valence-electron chi connectivity index (χ1n) is 4.44. The van der Waals surface area contributed by atoms with Gasteiger partial charge in [0.2, 0.25) is 0 Å². The molecule has 2 rings (SSSR count). The molecule has 1 aromatic heterocycles. The maximum atomic E-state index is 5.81. The summed E-state index contributed by atoms with van der Waals surface area (Å²) in [6, 6.07) is 5.99. The zero-order valence-corrected chi connectivity index (χ0v) is 7.43. The van der Waals surface area contributed by atoms with Crippen molar-refractivity contribution >= 4 is 5.82 Å². The number of anilines is 1. The van der Waals surface area contributed by atoms with Crippen molar-refractivity contribution in [2.24, 2.45) is 11.5 Å². The van der Waals surface area contributed by atoms with E-state index in [0.29, 0.717) is 0 Å². The highest BCUT2D eigenvalue weighted by molar-refractivity contribution is 5.40. The molecule has 2 unspecified atom stereocenters. The van der Waals surface area contributed by atoms with Gasteiger partial charge in [0, 0.05) is 31.4 Å². The third-order valence-electron chi connectivity index (χ3n) is 2.39. The van der Waals surface area contributed by atoms with Gasteiger partial charge in [0.15, 0.2) is 0 Å². The lowest BCUT2D eigenvalue weighted by molar-refractivity contribution is 0.642. The monoisotopic (exact) mass is 178 g/mol. The Morgan fingerprint density at radius 2 is 1.92 bits per heavy atom. The van der Waals surface area contributed by atoms with Gasteiger partial charge in [0.25, 0.3) is 0 Å². The molecule has 0 aromatic carbocycles. The van der Waals surface area contributed by atoms with Crippen LogP contribution < -0.4 is 16.4 Å². The fraction of sp³-hybridized carbons (Fsp3) is 0.444. The quantitative estimate of drug-likeness (QED) is 0.611. The van der Waals surface area contributed by atoms with E-state index in [1.54, 1.807) is 6.20 Å². The Morgan fingerprint density at radius 1 is 1.23 bits per heavy atom. The molecule has 2 atom stereocenters. The van der Waals surface area contributed by atoms with Crippen molar-refractivity contribution in [1.29, 1.82) is 0 Å². The summed E-state index contributed by atoms with van der Waals surface area (Å²) in [6.07, 6.45) is 1.78. The summed E-state index contributed by atoms with van der Waals surface area (Å²) in [4.78, 5) is 6.36. The summed E-state index contributed by atoms with van der Waals surface area (Å²) in [5.74, 6) is 0.964. The summed E-state index contributed by atoms with van der Waals surface area (Å²) in [5, 5.41) is 0. The lowest BCUT2D eigenvalue weighted by Crippen LogP contribution is -2.39. The van der Waals surface area contributed by atoms with E-state index in [2.05, 4.69) is 9.88 Å². The van der Waals surface area contributed by atoms with Gasteiger partial charge < -0.3 is 16.4 Å². The highest BCUT2D eigenvalue weighted by atomic mass is 15.2. The highest BCUT2D eigenvalue weighted by Gasteiger charge is 2.27. The number of rotatable bonds is 1. The number of nitrogens with zero attached hydrogens (tertiary/aromatic N) is 2. The zero-order chi connectivity index (χ0) is 9.26. The van der Waals surface area contributed by atoms with E-state index in [0.717, 1.165) is 18.9 Å². The first-order valence-corrected chi connectivity index (χ1v) is 4.44. The predicted octanol–water partition coefficient (Wildman–Crippen LogP) is -0.444. The Balaban J connectivity index is 2.12. The molecule has 0 radical (unpaired) electrons. The van der Waals surface area contributed by atoms with E-state index in [4.69, 9.17) is 11.5 Å². The summed E-state index contributed by atoms with van der Waals surface area (Å²) >= 11 is 0. The van der Waals surface area contributed by atoms with Crippen LogP contribution in [0.25, 0.3) is 0 Å². The topological polar surface area (TPSA) is 68.2 Å². The number of hydrogen-bond acceptors (Lipinski definition) is 4. The van der Waals surface area contributed by atoms with Gasteiger partial charge in [-0.2, -0.15) is 0 Å². The number of hydrogen-bond donors (Lipinski definition) is 2. The van der Waals surface area contributed by atoms with Gasteiger partial charge in [-0.15, -0.1) is 0 Å². The van der Waals surface area contributed by atoms with E-state index < -0.39 is 0 Å². The van der Waals surface area contributed by atoms with Gasteiger partial charge >= 0.3 is 0 Å². The Bertz CT molecular complexity index is 264. The second kappa shape index (κ2) is 3.32. The van der Waals surface area contributed by atoms with Gasteiger partial charge in [-0.3, -0.25) is 0 Å². The fourth-order valence-electron chi connectivity index (χ4n) is 1.58. The van der Waals surface area contributed by atoms with E-state index >= 15 is 0 Å². The van der Waals surface area contributed by atoms with E-state index in [1.807, 2.05) is 18.2 Å². The maximum absolute atomic E-state index is 5.81. The SMILES string of the molecule is NC1CN(c2ccccn2)CC1N. The maximum Gasteiger partial charge on any atom is 0.128 e. The van der Waals surface area contributed by atoms with Crippen LogP contribution >= 0.6 is 0 Å². The highest BCUT2D eigenvalue weighted by Crippen LogP contribution is 2.15. The summed E-state index contributed by atoms with van der Waals surface area (Å²) < 4.78 is 0. The molecule has 1 saturated heterocycles. The van der Waals surface area contributed by atoms with Crippen LogP contribution in [0.3, 0.4) is 0 Å². The molecule has 1 aliphatic rings. The van der Waals surface area contributed by atoms with E-state index in [9.17, 15) is 0 Å². The molecule has 0 spiro atoms. The zero-order valence-electron chi connectivity index (χ0n) is 7.43. The smallest absolute Gasteiger partial charge is 0.128 e. The lowest BCUT2D eigenvalue weighted by atomic mass is 10.2. The number of aromatic nitrogens is 1. The minimum absolute atomic E-state index is 0.0713.